The number of nitrogens with zero attached hydrogens (tertiary/aromatic N) is 4. The van der Waals surface area contributed by atoms with Gasteiger partial charge in [0.05, 0.1) is 11.0 Å². The van der Waals surface area contributed by atoms with Crippen LogP contribution in [0.1, 0.15) is 25.0 Å². The average molecular weight is 641 g/mol. The van der Waals surface area contributed by atoms with Gasteiger partial charge in [-0.15, -0.1) is 0 Å². The van der Waals surface area contributed by atoms with Crippen LogP contribution in [0.25, 0.3) is 83.6 Å². The molecular weight excluding hydrogens is 609 g/mol. The summed E-state index contributed by atoms with van der Waals surface area (Å²) < 4.78 is 2.41. The summed E-state index contributed by atoms with van der Waals surface area (Å²) in [5.41, 5.74) is 11.7. The standard InChI is InChI=1S/C46H32N4/c1-46(2)39-28-41-38(27-37(39)36-26-23-29-13-9-10-18-34(29)42(36)46)35-19-11-12-20-40(35)50(41)33-24-21-32(22-25-33)45-48-43(30-14-5-3-6-15-30)47-44(49-45)31-16-7-4-8-17-31/h3-28H,1-2H3. The molecule has 0 spiro atoms. The van der Waals surface area contributed by atoms with Crippen molar-refractivity contribution < 1.29 is 0 Å². The molecule has 0 aliphatic heterocycles. The number of fused-ring (bicyclic) bond motifs is 8. The molecule has 1 aliphatic rings. The van der Waals surface area contributed by atoms with E-state index in [1.165, 1.54) is 54.8 Å². The second-order valence-corrected chi connectivity index (χ2v) is 13.7. The molecule has 236 valence electrons. The maximum absolute atomic E-state index is 4.96. The Hall–Kier alpha value is -6.39. The van der Waals surface area contributed by atoms with Gasteiger partial charge in [-0.2, -0.15) is 0 Å². The fourth-order valence-electron chi connectivity index (χ4n) is 8.03. The topological polar surface area (TPSA) is 43.6 Å². The van der Waals surface area contributed by atoms with E-state index in [4.69, 9.17) is 15.0 Å². The van der Waals surface area contributed by atoms with Gasteiger partial charge in [-0.25, -0.2) is 15.0 Å². The Bertz CT molecular complexity index is 2700. The highest BCUT2D eigenvalue weighted by Gasteiger charge is 2.37. The molecule has 1 aliphatic carbocycles. The van der Waals surface area contributed by atoms with Gasteiger partial charge in [0, 0.05) is 38.6 Å². The molecule has 2 aromatic heterocycles. The molecule has 4 nitrogen and oxygen atoms in total. The third-order valence-corrected chi connectivity index (χ3v) is 10.4. The van der Waals surface area contributed by atoms with Crippen LogP contribution in [0.3, 0.4) is 0 Å². The van der Waals surface area contributed by atoms with Crippen LogP contribution in [-0.4, -0.2) is 19.5 Å². The molecule has 7 aromatic carbocycles. The highest BCUT2D eigenvalue weighted by atomic mass is 15.0. The second-order valence-electron chi connectivity index (χ2n) is 13.7. The summed E-state index contributed by atoms with van der Waals surface area (Å²) in [7, 11) is 0. The quantitative estimate of drug-likeness (QED) is 0.192. The number of para-hydroxylation sites is 1. The van der Waals surface area contributed by atoms with Gasteiger partial charge < -0.3 is 4.57 Å². The zero-order chi connectivity index (χ0) is 33.4. The van der Waals surface area contributed by atoms with E-state index in [0.29, 0.717) is 17.5 Å². The highest BCUT2D eigenvalue weighted by molar-refractivity contribution is 6.12. The third-order valence-electron chi connectivity index (χ3n) is 10.4. The van der Waals surface area contributed by atoms with Gasteiger partial charge in [0.1, 0.15) is 0 Å². The maximum Gasteiger partial charge on any atom is 0.164 e. The lowest BCUT2D eigenvalue weighted by molar-refractivity contribution is 0.667. The molecule has 9 aromatic rings. The molecule has 10 rings (SSSR count). The van der Waals surface area contributed by atoms with Crippen molar-refractivity contribution in [2.45, 2.75) is 19.3 Å². The zero-order valence-electron chi connectivity index (χ0n) is 27.8. The summed E-state index contributed by atoms with van der Waals surface area (Å²) in [6, 6.07) is 55.9. The van der Waals surface area contributed by atoms with Crippen LogP contribution in [0.2, 0.25) is 0 Å². The van der Waals surface area contributed by atoms with Gasteiger partial charge in [0.25, 0.3) is 0 Å². The Balaban J connectivity index is 1.13. The predicted molar refractivity (Wildman–Crippen MR) is 206 cm³/mol. The van der Waals surface area contributed by atoms with Crippen molar-refractivity contribution in [3.05, 3.63) is 169 Å². The Kier molecular flexibility index (Phi) is 6.19. The first kappa shape index (κ1) is 28.6. The molecule has 0 saturated carbocycles. The van der Waals surface area contributed by atoms with Crippen molar-refractivity contribution in [1.82, 2.24) is 19.5 Å². The molecule has 0 radical (unpaired) electrons. The van der Waals surface area contributed by atoms with Crippen LogP contribution in [0.15, 0.2) is 158 Å². The lowest BCUT2D eigenvalue weighted by atomic mass is 9.80. The molecule has 0 unspecified atom stereocenters. The van der Waals surface area contributed by atoms with E-state index in [0.717, 1.165) is 22.4 Å². The Morgan fingerprint density at radius 2 is 1.00 bits per heavy atom. The van der Waals surface area contributed by atoms with Gasteiger partial charge in [-0.05, 0) is 75.5 Å². The first-order chi connectivity index (χ1) is 24.5. The zero-order valence-corrected chi connectivity index (χ0v) is 27.8. The summed E-state index contributed by atoms with van der Waals surface area (Å²) >= 11 is 0. The van der Waals surface area contributed by atoms with Crippen molar-refractivity contribution >= 4 is 32.6 Å². The Morgan fingerprint density at radius 1 is 0.440 bits per heavy atom. The SMILES string of the molecule is CC1(C)c2cc3c(cc2-c2ccc4ccccc4c21)c1ccccc1n3-c1ccc(-c2nc(-c3ccccc3)nc(-c3ccccc3)n2)cc1. The van der Waals surface area contributed by atoms with E-state index >= 15 is 0 Å². The van der Waals surface area contributed by atoms with E-state index < -0.39 is 0 Å². The molecule has 2 heterocycles. The molecule has 4 heteroatoms. The first-order valence-corrected chi connectivity index (χ1v) is 17.1. The van der Waals surface area contributed by atoms with E-state index in [1.807, 2.05) is 60.7 Å². The van der Waals surface area contributed by atoms with Crippen LogP contribution in [0.5, 0.6) is 0 Å². The molecule has 0 amide bonds. The molecule has 0 fully saturated rings. The highest BCUT2D eigenvalue weighted by Crippen LogP contribution is 2.53. The van der Waals surface area contributed by atoms with E-state index in [2.05, 4.69) is 115 Å². The summed E-state index contributed by atoms with van der Waals surface area (Å²) in [4.78, 5) is 14.8. The minimum atomic E-state index is -0.142. The van der Waals surface area contributed by atoms with E-state index in [1.54, 1.807) is 0 Å². The minimum absolute atomic E-state index is 0.142. The number of aromatic nitrogens is 4. The Labute approximate surface area is 290 Å². The van der Waals surface area contributed by atoms with Crippen LogP contribution < -0.4 is 0 Å². The van der Waals surface area contributed by atoms with Crippen molar-refractivity contribution in [2.75, 3.05) is 0 Å². The normalized spacial score (nSPS) is 13.2. The van der Waals surface area contributed by atoms with Gasteiger partial charge in [-0.1, -0.05) is 129 Å². The molecule has 0 N–H and O–H groups in total. The number of hydrogen-bond acceptors (Lipinski definition) is 3. The number of rotatable bonds is 4. The van der Waals surface area contributed by atoms with E-state index in [9.17, 15) is 0 Å². The van der Waals surface area contributed by atoms with Crippen molar-refractivity contribution in [2.24, 2.45) is 0 Å². The minimum Gasteiger partial charge on any atom is -0.309 e. The number of hydrogen-bond donors (Lipinski definition) is 0. The lowest BCUT2D eigenvalue weighted by Crippen LogP contribution is -2.15. The Morgan fingerprint density at radius 3 is 1.66 bits per heavy atom. The van der Waals surface area contributed by atoms with Crippen molar-refractivity contribution in [3.8, 4) is 51.0 Å². The fraction of sp³-hybridized carbons (Fsp3) is 0.0652. The maximum atomic E-state index is 4.96. The fourth-order valence-corrected chi connectivity index (χ4v) is 8.03. The van der Waals surface area contributed by atoms with Gasteiger partial charge in [0.15, 0.2) is 17.5 Å². The van der Waals surface area contributed by atoms with Gasteiger partial charge >= 0.3 is 0 Å². The largest absolute Gasteiger partial charge is 0.309 e. The second kappa shape index (κ2) is 10.8. The van der Waals surface area contributed by atoms with Crippen LogP contribution in [-0.2, 0) is 5.41 Å². The smallest absolute Gasteiger partial charge is 0.164 e. The summed E-state index contributed by atoms with van der Waals surface area (Å²) in [6.45, 7) is 4.75. The van der Waals surface area contributed by atoms with Gasteiger partial charge in [0.2, 0.25) is 0 Å². The molecule has 0 saturated heterocycles. The van der Waals surface area contributed by atoms with Crippen LogP contribution >= 0.6 is 0 Å². The van der Waals surface area contributed by atoms with E-state index in [-0.39, 0.29) is 5.41 Å². The summed E-state index contributed by atoms with van der Waals surface area (Å²) in [5.74, 6) is 1.97. The summed E-state index contributed by atoms with van der Waals surface area (Å²) in [5, 5.41) is 5.14. The lowest BCUT2D eigenvalue weighted by Gasteiger charge is -2.23. The summed E-state index contributed by atoms with van der Waals surface area (Å²) in [6.07, 6.45) is 0. The van der Waals surface area contributed by atoms with Crippen LogP contribution in [0, 0.1) is 0 Å². The first-order valence-electron chi connectivity index (χ1n) is 17.1. The molecule has 0 atom stereocenters. The molecular formula is C46H32N4. The average Bonchev–Trinajstić information content (AvgIpc) is 3.62. The third kappa shape index (κ3) is 4.28. The monoisotopic (exact) mass is 640 g/mol. The van der Waals surface area contributed by atoms with Crippen molar-refractivity contribution in [1.29, 1.82) is 0 Å². The number of benzene rings is 7. The molecule has 50 heavy (non-hydrogen) atoms. The molecule has 0 bridgehead atoms. The predicted octanol–water partition coefficient (Wildman–Crippen LogP) is 11.4. The van der Waals surface area contributed by atoms with Crippen LogP contribution in [0.4, 0.5) is 0 Å². The van der Waals surface area contributed by atoms with Gasteiger partial charge in [-0.3, -0.25) is 0 Å². The van der Waals surface area contributed by atoms with Crippen molar-refractivity contribution in [3.63, 3.8) is 0 Å².